The van der Waals surface area contributed by atoms with Gasteiger partial charge in [-0.1, -0.05) is 18.2 Å². The maximum absolute atomic E-state index is 13.5. The Morgan fingerprint density at radius 2 is 1.93 bits per heavy atom. The fourth-order valence-corrected chi connectivity index (χ4v) is 4.26. The number of hydrogen-bond donors (Lipinski definition) is 0. The largest absolute Gasteiger partial charge is 0.337 e. The molecule has 0 aliphatic carbocycles. The fourth-order valence-electron chi connectivity index (χ4n) is 4.26. The van der Waals surface area contributed by atoms with Gasteiger partial charge in [0.25, 0.3) is 5.91 Å². The molecule has 1 spiro atoms. The van der Waals surface area contributed by atoms with E-state index >= 15 is 0 Å². The Hall–Kier alpha value is -2.80. The van der Waals surface area contributed by atoms with Gasteiger partial charge in [-0.15, -0.1) is 0 Å². The number of carbonyl (C=O) groups is 2. The topological polar surface area (TPSA) is 69.6 Å². The molecule has 7 nitrogen and oxygen atoms in total. The average molecular weight is 379 g/mol. The molecule has 1 aromatic heterocycles. The van der Waals surface area contributed by atoms with Gasteiger partial charge in [0.1, 0.15) is 5.69 Å². The molecular formula is C21H25N5O2. The molecule has 0 saturated carbocycles. The highest BCUT2D eigenvalue weighted by atomic mass is 16.2. The molecule has 146 valence electrons. The number of likely N-dealkylation sites (N-methyl/N-ethyl adjacent to an activating group) is 1. The second kappa shape index (κ2) is 7.31. The van der Waals surface area contributed by atoms with Crippen LogP contribution in [-0.4, -0.2) is 71.9 Å². The number of hydrogen-bond acceptors (Lipinski definition) is 5. The number of rotatable bonds is 4. The Labute approximate surface area is 165 Å². The highest BCUT2D eigenvalue weighted by molar-refractivity contribution is 6.08. The summed E-state index contributed by atoms with van der Waals surface area (Å²) in [6, 6.07) is 8.10. The number of piperidine rings is 1. The third-order valence-electron chi connectivity index (χ3n) is 5.82. The van der Waals surface area contributed by atoms with Crippen molar-refractivity contribution in [3.05, 3.63) is 54.1 Å². The van der Waals surface area contributed by atoms with Crippen LogP contribution in [0.1, 0.15) is 28.9 Å². The zero-order valence-corrected chi connectivity index (χ0v) is 16.3. The molecule has 0 N–H and O–H groups in total. The number of para-hydroxylation sites is 1. The smallest absolute Gasteiger partial charge is 0.274 e. The van der Waals surface area contributed by atoms with E-state index in [0.717, 1.165) is 17.8 Å². The van der Waals surface area contributed by atoms with E-state index < -0.39 is 5.41 Å². The Balaban J connectivity index is 1.56. The van der Waals surface area contributed by atoms with Gasteiger partial charge >= 0.3 is 0 Å². The molecule has 4 rings (SSSR count). The van der Waals surface area contributed by atoms with E-state index in [1.165, 1.54) is 12.4 Å². The molecule has 2 aromatic rings. The predicted octanol–water partition coefficient (Wildman–Crippen LogP) is 1.56. The van der Waals surface area contributed by atoms with Crippen LogP contribution >= 0.6 is 0 Å². The summed E-state index contributed by atoms with van der Waals surface area (Å²) >= 11 is 0. The minimum Gasteiger partial charge on any atom is -0.337 e. The van der Waals surface area contributed by atoms with E-state index in [9.17, 15) is 9.59 Å². The summed E-state index contributed by atoms with van der Waals surface area (Å²) in [6.45, 7) is 2.56. The Morgan fingerprint density at radius 1 is 1.18 bits per heavy atom. The number of aromatic nitrogens is 2. The van der Waals surface area contributed by atoms with Gasteiger partial charge < -0.3 is 14.7 Å². The van der Waals surface area contributed by atoms with E-state index in [1.807, 2.05) is 37.2 Å². The van der Waals surface area contributed by atoms with Crippen LogP contribution in [0.5, 0.6) is 0 Å². The van der Waals surface area contributed by atoms with Gasteiger partial charge in [0.05, 0.1) is 11.6 Å². The van der Waals surface area contributed by atoms with Gasteiger partial charge in [0, 0.05) is 44.3 Å². The third-order valence-corrected chi connectivity index (χ3v) is 5.82. The zero-order valence-electron chi connectivity index (χ0n) is 16.3. The van der Waals surface area contributed by atoms with Crippen LogP contribution in [0.25, 0.3) is 0 Å². The SMILES string of the molecule is CN(C)CCN1C(=O)C2(CCN(C(=O)c3cnccn3)CC2)c2ccccc21. The van der Waals surface area contributed by atoms with E-state index in [-0.39, 0.29) is 11.8 Å². The molecule has 1 aromatic carbocycles. The predicted molar refractivity (Wildman–Crippen MR) is 106 cm³/mol. The van der Waals surface area contributed by atoms with Crippen LogP contribution in [0.4, 0.5) is 5.69 Å². The standard InChI is InChI=1S/C21H25N5O2/c1-24(2)13-14-26-18-6-4-3-5-16(18)21(20(26)28)7-11-25(12-8-21)19(27)17-15-22-9-10-23-17/h3-6,9-10,15H,7-8,11-14H2,1-2H3. The molecule has 1 fully saturated rings. The Morgan fingerprint density at radius 3 is 2.61 bits per heavy atom. The first-order valence-electron chi connectivity index (χ1n) is 9.64. The number of nitrogens with zero attached hydrogens (tertiary/aromatic N) is 5. The molecule has 2 aliphatic heterocycles. The fraction of sp³-hybridized carbons (Fsp3) is 0.429. The highest BCUT2D eigenvalue weighted by Gasteiger charge is 2.52. The van der Waals surface area contributed by atoms with Crippen molar-refractivity contribution in [2.45, 2.75) is 18.3 Å². The van der Waals surface area contributed by atoms with Crippen LogP contribution in [0.3, 0.4) is 0 Å². The molecule has 2 aliphatic rings. The Kier molecular flexibility index (Phi) is 4.85. The molecule has 0 unspecified atom stereocenters. The van der Waals surface area contributed by atoms with E-state index in [1.54, 1.807) is 11.1 Å². The van der Waals surface area contributed by atoms with Crippen LogP contribution in [0, 0.1) is 0 Å². The summed E-state index contributed by atoms with van der Waals surface area (Å²) in [5, 5.41) is 0. The number of anilines is 1. The maximum atomic E-state index is 13.5. The van der Waals surface area contributed by atoms with Crippen molar-refractivity contribution in [2.24, 2.45) is 0 Å². The second-order valence-corrected chi connectivity index (χ2v) is 7.74. The van der Waals surface area contributed by atoms with Gasteiger partial charge in [-0.3, -0.25) is 14.6 Å². The lowest BCUT2D eigenvalue weighted by molar-refractivity contribution is -0.124. The minimum absolute atomic E-state index is 0.119. The lowest BCUT2D eigenvalue weighted by Gasteiger charge is -2.38. The third kappa shape index (κ3) is 3.05. The van der Waals surface area contributed by atoms with Crippen LogP contribution in [0.15, 0.2) is 42.9 Å². The lowest BCUT2D eigenvalue weighted by atomic mass is 9.73. The van der Waals surface area contributed by atoms with Crippen molar-refractivity contribution in [1.82, 2.24) is 19.8 Å². The van der Waals surface area contributed by atoms with Crippen molar-refractivity contribution >= 4 is 17.5 Å². The second-order valence-electron chi connectivity index (χ2n) is 7.74. The molecule has 3 heterocycles. The summed E-state index contributed by atoms with van der Waals surface area (Å²) in [5.74, 6) is 0.0493. The molecule has 0 bridgehead atoms. The molecular weight excluding hydrogens is 354 g/mol. The summed E-state index contributed by atoms with van der Waals surface area (Å²) in [7, 11) is 4.03. The van der Waals surface area contributed by atoms with Crippen molar-refractivity contribution in [3.8, 4) is 0 Å². The molecule has 0 atom stereocenters. The van der Waals surface area contributed by atoms with E-state index in [2.05, 4.69) is 20.9 Å². The molecule has 28 heavy (non-hydrogen) atoms. The first-order valence-corrected chi connectivity index (χ1v) is 9.64. The van der Waals surface area contributed by atoms with Gasteiger partial charge in [-0.05, 0) is 38.6 Å². The van der Waals surface area contributed by atoms with Crippen LogP contribution in [0.2, 0.25) is 0 Å². The molecule has 1 saturated heterocycles. The summed E-state index contributed by atoms with van der Waals surface area (Å²) in [4.78, 5) is 40.1. The van der Waals surface area contributed by atoms with Gasteiger partial charge in [0.2, 0.25) is 5.91 Å². The number of fused-ring (bicyclic) bond motifs is 2. The van der Waals surface area contributed by atoms with Crippen LogP contribution < -0.4 is 4.90 Å². The van der Waals surface area contributed by atoms with Crippen LogP contribution in [-0.2, 0) is 10.2 Å². The van der Waals surface area contributed by atoms with Crippen molar-refractivity contribution < 1.29 is 9.59 Å². The minimum atomic E-state index is -0.526. The molecule has 7 heteroatoms. The quantitative estimate of drug-likeness (QED) is 0.806. The number of benzene rings is 1. The summed E-state index contributed by atoms with van der Waals surface area (Å²) < 4.78 is 0. The van der Waals surface area contributed by atoms with Crippen molar-refractivity contribution in [3.63, 3.8) is 0 Å². The monoisotopic (exact) mass is 379 g/mol. The first-order chi connectivity index (χ1) is 13.5. The number of likely N-dealkylation sites (tertiary alicyclic amines) is 1. The number of carbonyl (C=O) groups excluding carboxylic acids is 2. The van der Waals surface area contributed by atoms with Crippen molar-refractivity contribution in [2.75, 3.05) is 45.2 Å². The molecule has 2 amide bonds. The maximum Gasteiger partial charge on any atom is 0.274 e. The first kappa shape index (κ1) is 18.6. The summed E-state index contributed by atoms with van der Waals surface area (Å²) in [5.41, 5.74) is 1.94. The lowest BCUT2D eigenvalue weighted by Crippen LogP contribution is -2.50. The highest BCUT2D eigenvalue weighted by Crippen LogP contribution is 2.47. The van der Waals surface area contributed by atoms with E-state index in [0.29, 0.717) is 38.2 Å². The zero-order chi connectivity index (χ0) is 19.7. The molecule has 0 radical (unpaired) electrons. The normalized spacial score (nSPS) is 18.0. The average Bonchev–Trinajstić information content (AvgIpc) is 2.95. The summed E-state index contributed by atoms with van der Waals surface area (Å²) in [6.07, 6.45) is 5.84. The van der Waals surface area contributed by atoms with E-state index in [4.69, 9.17) is 0 Å². The van der Waals surface area contributed by atoms with Gasteiger partial charge in [-0.2, -0.15) is 0 Å². The van der Waals surface area contributed by atoms with Crippen molar-refractivity contribution in [1.29, 1.82) is 0 Å². The number of amides is 2. The van der Waals surface area contributed by atoms with Gasteiger partial charge in [0.15, 0.2) is 0 Å². The Bertz CT molecular complexity index is 875. The van der Waals surface area contributed by atoms with Gasteiger partial charge in [-0.25, -0.2) is 4.98 Å².